The molecule has 0 fully saturated rings. The van der Waals surface area contributed by atoms with Gasteiger partial charge in [-0.3, -0.25) is 0 Å². The van der Waals surface area contributed by atoms with Crippen molar-refractivity contribution in [2.24, 2.45) is 0 Å². The van der Waals surface area contributed by atoms with Crippen LogP contribution < -0.4 is 5.73 Å². The van der Waals surface area contributed by atoms with Crippen LogP contribution in [0.15, 0.2) is 66.7 Å². The Morgan fingerprint density at radius 1 is 0.773 bits per heavy atom. The van der Waals surface area contributed by atoms with Gasteiger partial charge in [-0.1, -0.05) is 60.7 Å². The van der Waals surface area contributed by atoms with Gasteiger partial charge in [0.2, 0.25) is 5.95 Å². The summed E-state index contributed by atoms with van der Waals surface area (Å²) in [6, 6.07) is 22.5. The van der Waals surface area contributed by atoms with Crippen LogP contribution in [0.2, 0.25) is 0 Å². The summed E-state index contributed by atoms with van der Waals surface area (Å²) in [7, 11) is 0. The Bertz CT molecular complexity index is 931. The molecule has 2 N–H and O–H groups in total. The molecule has 3 nitrogen and oxygen atoms in total. The maximum Gasteiger partial charge on any atom is 0.221 e. The van der Waals surface area contributed by atoms with Crippen LogP contribution in [0, 0.1) is 0 Å². The number of nitrogens with two attached hydrogens (primary N) is 1. The molecule has 0 bridgehead atoms. The number of thiophene rings is 1. The second-order valence-corrected chi connectivity index (χ2v) is 6.02. The fourth-order valence-electron chi connectivity index (χ4n) is 2.50. The first-order valence-corrected chi connectivity index (χ1v) is 7.81. The van der Waals surface area contributed by atoms with Gasteiger partial charge >= 0.3 is 0 Å². The quantitative estimate of drug-likeness (QED) is 0.588. The molecule has 0 saturated heterocycles. The van der Waals surface area contributed by atoms with Gasteiger partial charge < -0.3 is 5.73 Å². The van der Waals surface area contributed by atoms with Crippen molar-refractivity contribution in [3.8, 4) is 21.7 Å². The fourth-order valence-corrected chi connectivity index (χ4v) is 3.54. The summed E-state index contributed by atoms with van der Waals surface area (Å²) in [5, 5.41) is 1.05. The van der Waals surface area contributed by atoms with Crippen LogP contribution in [0.4, 0.5) is 5.95 Å². The van der Waals surface area contributed by atoms with E-state index in [0.717, 1.165) is 21.5 Å². The highest BCUT2D eigenvalue weighted by Crippen LogP contribution is 2.37. The van der Waals surface area contributed by atoms with Gasteiger partial charge in [0.15, 0.2) is 0 Å². The van der Waals surface area contributed by atoms with E-state index >= 15 is 0 Å². The van der Waals surface area contributed by atoms with Crippen molar-refractivity contribution in [1.82, 2.24) is 9.97 Å². The second-order valence-electron chi connectivity index (χ2n) is 4.99. The zero-order chi connectivity index (χ0) is 14.9. The molecule has 4 rings (SSSR count). The van der Waals surface area contributed by atoms with Gasteiger partial charge in [-0.2, -0.15) is 0 Å². The molecule has 0 aliphatic carbocycles. The van der Waals surface area contributed by atoms with Gasteiger partial charge in [-0.05, 0) is 11.6 Å². The van der Waals surface area contributed by atoms with Crippen molar-refractivity contribution in [2.75, 3.05) is 5.73 Å². The Hall–Kier alpha value is -2.72. The molecule has 2 heterocycles. The lowest BCUT2D eigenvalue weighted by Gasteiger charge is -2.03. The fraction of sp³-hybridized carbons (Fsp3) is 0. The Labute approximate surface area is 132 Å². The molecule has 106 valence electrons. The zero-order valence-electron chi connectivity index (χ0n) is 11.7. The van der Waals surface area contributed by atoms with Crippen molar-refractivity contribution in [2.45, 2.75) is 0 Å². The summed E-state index contributed by atoms with van der Waals surface area (Å²) in [4.78, 5) is 10.9. The third-order valence-electron chi connectivity index (χ3n) is 3.52. The van der Waals surface area contributed by atoms with Crippen LogP contribution in [0.5, 0.6) is 0 Å². The summed E-state index contributed by atoms with van der Waals surface area (Å²) in [6.45, 7) is 0. The standard InChI is InChI=1S/C18H13N3S/c19-18-20-16(13-9-5-2-6-10-13)14-11-15(22-17(14)21-18)12-7-3-1-4-8-12/h1-11H,(H2,19,20,21). The minimum absolute atomic E-state index is 0.313. The number of aromatic nitrogens is 2. The van der Waals surface area contributed by atoms with Crippen molar-refractivity contribution < 1.29 is 0 Å². The van der Waals surface area contributed by atoms with Gasteiger partial charge in [0.1, 0.15) is 4.83 Å². The van der Waals surface area contributed by atoms with E-state index in [1.165, 1.54) is 10.4 Å². The molecule has 0 aliphatic heterocycles. The number of nitrogens with zero attached hydrogens (tertiary/aromatic N) is 2. The van der Waals surface area contributed by atoms with E-state index in [1.807, 2.05) is 48.5 Å². The number of hydrogen-bond acceptors (Lipinski definition) is 4. The van der Waals surface area contributed by atoms with Crippen molar-refractivity contribution in [3.05, 3.63) is 66.7 Å². The molecular weight excluding hydrogens is 290 g/mol. The molecule has 0 unspecified atom stereocenters. The first-order valence-electron chi connectivity index (χ1n) is 6.99. The van der Waals surface area contributed by atoms with Gasteiger partial charge in [-0.25, -0.2) is 9.97 Å². The van der Waals surface area contributed by atoms with Gasteiger partial charge in [-0.15, -0.1) is 11.3 Å². The maximum absolute atomic E-state index is 5.89. The van der Waals surface area contributed by atoms with E-state index < -0.39 is 0 Å². The molecule has 0 amide bonds. The minimum Gasteiger partial charge on any atom is -0.368 e. The molecule has 2 aromatic heterocycles. The van der Waals surface area contributed by atoms with Crippen LogP contribution in [-0.2, 0) is 0 Å². The number of nitrogen functional groups attached to an aromatic ring is 1. The van der Waals surface area contributed by atoms with E-state index in [2.05, 4.69) is 28.2 Å². The maximum atomic E-state index is 5.89. The average Bonchev–Trinajstić information content (AvgIpc) is 2.99. The predicted octanol–water partition coefficient (Wildman–Crippen LogP) is 4.61. The predicted molar refractivity (Wildman–Crippen MR) is 92.7 cm³/mol. The number of anilines is 1. The Morgan fingerprint density at radius 2 is 1.41 bits per heavy atom. The van der Waals surface area contributed by atoms with Gasteiger partial charge in [0.25, 0.3) is 0 Å². The zero-order valence-corrected chi connectivity index (χ0v) is 12.5. The largest absolute Gasteiger partial charge is 0.368 e. The van der Waals surface area contributed by atoms with Crippen LogP contribution in [-0.4, -0.2) is 9.97 Å². The third kappa shape index (κ3) is 2.23. The SMILES string of the molecule is Nc1nc(-c2ccccc2)c2cc(-c3ccccc3)sc2n1. The Balaban J connectivity index is 1.97. The van der Waals surface area contributed by atoms with E-state index in [-0.39, 0.29) is 0 Å². The van der Waals surface area contributed by atoms with Crippen LogP contribution in [0.25, 0.3) is 31.9 Å². The van der Waals surface area contributed by atoms with E-state index in [1.54, 1.807) is 11.3 Å². The van der Waals surface area contributed by atoms with Crippen LogP contribution in [0.1, 0.15) is 0 Å². The Kier molecular flexibility index (Phi) is 3.09. The van der Waals surface area contributed by atoms with Gasteiger partial charge in [0.05, 0.1) is 5.69 Å². The lowest BCUT2D eigenvalue weighted by Crippen LogP contribution is -1.96. The lowest BCUT2D eigenvalue weighted by molar-refractivity contribution is 1.25. The van der Waals surface area contributed by atoms with Crippen molar-refractivity contribution in [3.63, 3.8) is 0 Å². The molecule has 0 saturated carbocycles. The summed E-state index contributed by atoms with van der Waals surface area (Å²) in [5.74, 6) is 0.313. The molecule has 0 atom stereocenters. The molecule has 2 aromatic carbocycles. The highest BCUT2D eigenvalue weighted by Gasteiger charge is 2.13. The number of fused-ring (bicyclic) bond motifs is 1. The van der Waals surface area contributed by atoms with Crippen LogP contribution in [0.3, 0.4) is 0 Å². The molecule has 4 heteroatoms. The smallest absolute Gasteiger partial charge is 0.221 e. The van der Waals surface area contributed by atoms with E-state index in [9.17, 15) is 0 Å². The molecular formula is C18H13N3S. The number of benzene rings is 2. The highest BCUT2D eigenvalue weighted by atomic mass is 32.1. The summed E-state index contributed by atoms with van der Waals surface area (Å²) >= 11 is 1.64. The molecule has 0 spiro atoms. The molecule has 4 aromatic rings. The number of hydrogen-bond donors (Lipinski definition) is 1. The first kappa shape index (κ1) is 13.0. The first-order chi connectivity index (χ1) is 10.8. The van der Waals surface area contributed by atoms with Crippen LogP contribution >= 0.6 is 11.3 Å². The van der Waals surface area contributed by atoms with E-state index in [4.69, 9.17) is 5.73 Å². The van der Waals surface area contributed by atoms with Gasteiger partial charge in [0, 0.05) is 15.8 Å². The lowest BCUT2D eigenvalue weighted by atomic mass is 10.1. The monoisotopic (exact) mass is 303 g/mol. The summed E-state index contributed by atoms with van der Waals surface area (Å²) in [5.41, 5.74) is 9.02. The van der Waals surface area contributed by atoms with E-state index in [0.29, 0.717) is 5.95 Å². The topological polar surface area (TPSA) is 51.8 Å². The second kappa shape index (κ2) is 5.24. The Morgan fingerprint density at radius 3 is 2.09 bits per heavy atom. The normalized spacial score (nSPS) is 10.9. The molecule has 0 radical (unpaired) electrons. The van der Waals surface area contributed by atoms with Crippen molar-refractivity contribution >= 4 is 27.5 Å². The summed E-state index contributed by atoms with van der Waals surface area (Å²) in [6.07, 6.45) is 0. The molecule has 22 heavy (non-hydrogen) atoms. The third-order valence-corrected chi connectivity index (χ3v) is 4.59. The average molecular weight is 303 g/mol. The highest BCUT2D eigenvalue weighted by molar-refractivity contribution is 7.21. The number of rotatable bonds is 2. The molecule has 0 aliphatic rings. The minimum atomic E-state index is 0.313. The van der Waals surface area contributed by atoms with Crippen molar-refractivity contribution in [1.29, 1.82) is 0 Å². The summed E-state index contributed by atoms with van der Waals surface area (Å²) < 4.78 is 0.